The van der Waals surface area contributed by atoms with Gasteiger partial charge >= 0.3 is 0 Å². The summed E-state index contributed by atoms with van der Waals surface area (Å²) in [5.41, 5.74) is 2.97. The van der Waals surface area contributed by atoms with Crippen molar-refractivity contribution in [1.29, 1.82) is 0 Å². The van der Waals surface area contributed by atoms with Crippen molar-refractivity contribution in [2.75, 3.05) is 6.54 Å². The molecule has 3 nitrogen and oxygen atoms in total. The van der Waals surface area contributed by atoms with Gasteiger partial charge in [-0.2, -0.15) is 0 Å². The second kappa shape index (κ2) is 5.57. The van der Waals surface area contributed by atoms with E-state index in [1.54, 1.807) is 0 Å². The van der Waals surface area contributed by atoms with Crippen LogP contribution in [-0.4, -0.2) is 22.1 Å². The maximum absolute atomic E-state index is 4.05. The summed E-state index contributed by atoms with van der Waals surface area (Å²) >= 11 is 0. The summed E-state index contributed by atoms with van der Waals surface area (Å²) in [5.74, 6) is 0.756. The molecule has 100 valence electrons. The van der Waals surface area contributed by atoms with Crippen LogP contribution < -0.4 is 5.32 Å². The number of aromatic nitrogens is 2. The molecule has 2 aromatic rings. The van der Waals surface area contributed by atoms with Crippen LogP contribution in [0.25, 0.3) is 0 Å². The zero-order chi connectivity index (χ0) is 13.1. The van der Waals surface area contributed by atoms with E-state index in [1.165, 1.54) is 24.0 Å². The molecule has 1 aliphatic rings. The minimum atomic E-state index is 0.688. The first kappa shape index (κ1) is 12.4. The Labute approximate surface area is 114 Å². The molecular formula is C16H21N3. The van der Waals surface area contributed by atoms with E-state index in [0.29, 0.717) is 6.04 Å². The summed E-state index contributed by atoms with van der Waals surface area (Å²) < 4.78 is 2.12. The minimum Gasteiger partial charge on any atom is -0.336 e. The predicted molar refractivity (Wildman–Crippen MR) is 77.2 cm³/mol. The van der Waals surface area contributed by atoms with Crippen LogP contribution in [0.1, 0.15) is 29.9 Å². The summed E-state index contributed by atoms with van der Waals surface area (Å²) in [6.45, 7) is 4.25. The highest BCUT2D eigenvalue weighted by Crippen LogP contribution is 2.38. The number of benzene rings is 1. The monoisotopic (exact) mass is 255 g/mol. The number of nitrogens with zero attached hydrogens (tertiary/aromatic N) is 2. The number of imidazole rings is 1. The van der Waals surface area contributed by atoms with Gasteiger partial charge in [-0.15, -0.1) is 0 Å². The zero-order valence-electron chi connectivity index (χ0n) is 11.4. The van der Waals surface area contributed by atoms with Crippen molar-refractivity contribution in [3.63, 3.8) is 0 Å². The fraction of sp³-hybridized carbons (Fsp3) is 0.438. The van der Waals surface area contributed by atoms with E-state index >= 15 is 0 Å². The third-order valence-corrected chi connectivity index (χ3v) is 4.13. The molecule has 1 fully saturated rings. The summed E-state index contributed by atoms with van der Waals surface area (Å²) in [6, 6.07) is 9.46. The quantitative estimate of drug-likeness (QED) is 0.890. The predicted octanol–water partition coefficient (Wildman–Crippen LogP) is 2.73. The molecule has 19 heavy (non-hydrogen) atoms. The maximum atomic E-state index is 4.05. The molecule has 1 saturated carbocycles. The molecule has 1 aliphatic carbocycles. The Bertz CT molecular complexity index is 513. The third kappa shape index (κ3) is 2.87. The van der Waals surface area contributed by atoms with Crippen molar-refractivity contribution in [3.8, 4) is 0 Å². The molecule has 0 spiro atoms. The first-order valence-corrected chi connectivity index (χ1v) is 7.07. The molecule has 0 unspecified atom stereocenters. The van der Waals surface area contributed by atoms with Crippen LogP contribution in [0.15, 0.2) is 43.0 Å². The molecule has 1 aromatic carbocycles. The van der Waals surface area contributed by atoms with Gasteiger partial charge in [0.2, 0.25) is 0 Å². The molecule has 0 saturated heterocycles. The zero-order valence-corrected chi connectivity index (χ0v) is 11.4. The molecule has 3 rings (SSSR count). The number of hydrogen-bond acceptors (Lipinski definition) is 2. The highest BCUT2D eigenvalue weighted by molar-refractivity contribution is 5.31. The lowest BCUT2D eigenvalue weighted by atomic mass is 9.74. The molecule has 0 aliphatic heterocycles. The van der Waals surface area contributed by atoms with Gasteiger partial charge < -0.3 is 9.88 Å². The molecular weight excluding hydrogens is 234 g/mol. The minimum absolute atomic E-state index is 0.688. The SMILES string of the molecule is Cc1ccccc1C1CC(NCCn2ccnc2)C1. The molecule has 0 bridgehead atoms. The average molecular weight is 255 g/mol. The van der Waals surface area contributed by atoms with E-state index in [2.05, 4.69) is 46.1 Å². The van der Waals surface area contributed by atoms with Crippen molar-refractivity contribution in [1.82, 2.24) is 14.9 Å². The Morgan fingerprint density at radius 1 is 1.32 bits per heavy atom. The lowest BCUT2D eigenvalue weighted by molar-refractivity contribution is 0.287. The summed E-state index contributed by atoms with van der Waals surface area (Å²) in [4.78, 5) is 4.05. The van der Waals surface area contributed by atoms with E-state index in [1.807, 2.05) is 18.7 Å². The van der Waals surface area contributed by atoms with Gasteiger partial charge in [-0.05, 0) is 36.8 Å². The van der Waals surface area contributed by atoms with E-state index in [0.717, 1.165) is 19.0 Å². The van der Waals surface area contributed by atoms with E-state index in [9.17, 15) is 0 Å². The van der Waals surface area contributed by atoms with Gasteiger partial charge in [-0.1, -0.05) is 24.3 Å². The van der Waals surface area contributed by atoms with E-state index in [4.69, 9.17) is 0 Å². The normalized spacial score (nSPS) is 22.2. The Balaban J connectivity index is 1.42. The molecule has 1 heterocycles. The first-order valence-electron chi connectivity index (χ1n) is 7.07. The maximum Gasteiger partial charge on any atom is 0.0946 e. The molecule has 0 amide bonds. The Morgan fingerprint density at radius 2 is 2.16 bits per heavy atom. The average Bonchev–Trinajstić information content (AvgIpc) is 2.87. The molecule has 1 N–H and O–H groups in total. The van der Waals surface area contributed by atoms with Crippen LogP contribution in [0.4, 0.5) is 0 Å². The van der Waals surface area contributed by atoms with Crippen LogP contribution in [0, 0.1) is 6.92 Å². The van der Waals surface area contributed by atoms with Gasteiger partial charge in [-0.25, -0.2) is 4.98 Å². The lowest BCUT2D eigenvalue weighted by Crippen LogP contribution is -2.41. The molecule has 0 radical (unpaired) electrons. The summed E-state index contributed by atoms with van der Waals surface area (Å²) in [7, 11) is 0. The highest BCUT2D eigenvalue weighted by atomic mass is 15.1. The smallest absolute Gasteiger partial charge is 0.0946 e. The second-order valence-corrected chi connectivity index (χ2v) is 5.48. The summed E-state index contributed by atoms with van der Waals surface area (Å²) in [5, 5.41) is 3.63. The van der Waals surface area contributed by atoms with Gasteiger partial charge in [-0.3, -0.25) is 0 Å². The Morgan fingerprint density at radius 3 is 2.89 bits per heavy atom. The van der Waals surface area contributed by atoms with Crippen molar-refractivity contribution in [3.05, 3.63) is 54.1 Å². The van der Waals surface area contributed by atoms with Crippen LogP contribution in [0.3, 0.4) is 0 Å². The lowest BCUT2D eigenvalue weighted by Gasteiger charge is -2.37. The highest BCUT2D eigenvalue weighted by Gasteiger charge is 2.30. The Hall–Kier alpha value is -1.61. The fourth-order valence-corrected chi connectivity index (χ4v) is 2.90. The van der Waals surface area contributed by atoms with E-state index < -0.39 is 0 Å². The first-order chi connectivity index (χ1) is 9.33. The molecule has 0 atom stereocenters. The van der Waals surface area contributed by atoms with Gasteiger partial charge in [0, 0.05) is 31.5 Å². The van der Waals surface area contributed by atoms with Gasteiger partial charge in [0.15, 0.2) is 0 Å². The fourth-order valence-electron chi connectivity index (χ4n) is 2.90. The largest absolute Gasteiger partial charge is 0.336 e. The number of nitrogens with one attached hydrogen (secondary N) is 1. The van der Waals surface area contributed by atoms with Crippen molar-refractivity contribution in [2.45, 2.75) is 38.3 Å². The van der Waals surface area contributed by atoms with E-state index in [-0.39, 0.29) is 0 Å². The topological polar surface area (TPSA) is 29.9 Å². The molecule has 1 aromatic heterocycles. The summed E-state index contributed by atoms with van der Waals surface area (Å²) in [6.07, 6.45) is 8.26. The van der Waals surface area contributed by atoms with Crippen LogP contribution in [0.5, 0.6) is 0 Å². The number of hydrogen-bond donors (Lipinski definition) is 1. The van der Waals surface area contributed by atoms with Crippen molar-refractivity contribution in [2.24, 2.45) is 0 Å². The van der Waals surface area contributed by atoms with Crippen LogP contribution in [-0.2, 0) is 6.54 Å². The van der Waals surface area contributed by atoms with Gasteiger partial charge in [0.1, 0.15) is 0 Å². The standard InChI is InChI=1S/C16H21N3/c1-13-4-2-3-5-16(13)14-10-15(11-14)18-7-9-19-8-6-17-12-19/h2-6,8,12,14-15,18H,7,9-11H2,1H3. The number of rotatable bonds is 5. The number of aryl methyl sites for hydroxylation is 1. The Kier molecular flexibility index (Phi) is 3.65. The van der Waals surface area contributed by atoms with Crippen LogP contribution >= 0.6 is 0 Å². The van der Waals surface area contributed by atoms with Gasteiger partial charge in [0.25, 0.3) is 0 Å². The third-order valence-electron chi connectivity index (χ3n) is 4.13. The molecule has 3 heteroatoms. The van der Waals surface area contributed by atoms with Crippen molar-refractivity contribution < 1.29 is 0 Å². The van der Waals surface area contributed by atoms with Crippen LogP contribution in [0.2, 0.25) is 0 Å². The second-order valence-electron chi connectivity index (χ2n) is 5.48. The van der Waals surface area contributed by atoms with Crippen molar-refractivity contribution >= 4 is 0 Å². The van der Waals surface area contributed by atoms with Gasteiger partial charge in [0.05, 0.1) is 6.33 Å².